The van der Waals surface area contributed by atoms with Crippen molar-refractivity contribution >= 4 is 70.9 Å². The summed E-state index contributed by atoms with van der Waals surface area (Å²) in [7, 11) is 0. The zero-order valence-electron chi connectivity index (χ0n) is 28.0. The standard InChI is InChI=1S/C50H33N/c1-2-10-35(11-3-1)46-16-8-9-17-50(46)51(42-28-22-38-19-18-36-12-5-7-15-44(36)49(38)33-42)41-26-20-34(21-27-41)39-24-29-45-40(32-39)25-31-47-43-14-6-4-13-37(43)23-30-48(45)47/h1-33H. The molecular weight excluding hydrogens is 615 g/mol. The van der Waals surface area contributed by atoms with E-state index in [0.29, 0.717) is 0 Å². The molecule has 0 atom stereocenters. The van der Waals surface area contributed by atoms with E-state index in [4.69, 9.17) is 0 Å². The third-order valence-corrected chi connectivity index (χ3v) is 10.4. The third kappa shape index (κ3) is 5.02. The van der Waals surface area contributed by atoms with Crippen molar-refractivity contribution in [2.75, 3.05) is 4.90 Å². The molecule has 10 rings (SSSR count). The summed E-state index contributed by atoms with van der Waals surface area (Å²) in [5.41, 5.74) is 8.16. The van der Waals surface area contributed by atoms with Crippen LogP contribution in [0.1, 0.15) is 0 Å². The summed E-state index contributed by atoms with van der Waals surface area (Å²) < 4.78 is 0. The molecule has 0 amide bonds. The van der Waals surface area contributed by atoms with Crippen molar-refractivity contribution in [3.63, 3.8) is 0 Å². The Hall–Kier alpha value is -6.70. The number of benzene rings is 10. The van der Waals surface area contributed by atoms with Gasteiger partial charge in [-0.3, -0.25) is 0 Å². The minimum atomic E-state index is 1.11. The van der Waals surface area contributed by atoms with Gasteiger partial charge in [0, 0.05) is 16.9 Å². The lowest BCUT2D eigenvalue weighted by molar-refractivity contribution is 1.29. The summed E-state index contributed by atoms with van der Waals surface area (Å²) in [6.07, 6.45) is 0. The molecule has 51 heavy (non-hydrogen) atoms. The van der Waals surface area contributed by atoms with Crippen LogP contribution in [0.3, 0.4) is 0 Å². The van der Waals surface area contributed by atoms with Crippen molar-refractivity contribution < 1.29 is 0 Å². The molecular formula is C50H33N. The quantitative estimate of drug-likeness (QED) is 0.168. The first-order valence-electron chi connectivity index (χ1n) is 17.6. The molecule has 1 heteroatoms. The summed E-state index contributed by atoms with van der Waals surface area (Å²) in [5.74, 6) is 0. The van der Waals surface area contributed by atoms with Gasteiger partial charge in [0.2, 0.25) is 0 Å². The highest BCUT2D eigenvalue weighted by Gasteiger charge is 2.18. The number of fused-ring (bicyclic) bond motifs is 8. The van der Waals surface area contributed by atoms with Gasteiger partial charge < -0.3 is 4.90 Å². The maximum atomic E-state index is 2.41. The predicted octanol–water partition coefficient (Wildman–Crippen LogP) is 14.3. The number of hydrogen-bond acceptors (Lipinski definition) is 1. The molecule has 0 saturated heterocycles. The molecule has 0 N–H and O–H groups in total. The average Bonchev–Trinajstić information content (AvgIpc) is 3.21. The SMILES string of the molecule is c1ccc(-c2ccccc2N(c2ccc(-c3ccc4c(ccc5c6ccccc6ccc45)c3)cc2)c2ccc3ccc4ccccc4c3c2)cc1. The molecule has 0 heterocycles. The number of para-hydroxylation sites is 1. The lowest BCUT2D eigenvalue weighted by Crippen LogP contribution is -2.11. The molecule has 0 aromatic heterocycles. The van der Waals surface area contributed by atoms with E-state index in [9.17, 15) is 0 Å². The number of hydrogen-bond donors (Lipinski definition) is 0. The van der Waals surface area contributed by atoms with Crippen molar-refractivity contribution in [3.05, 3.63) is 200 Å². The van der Waals surface area contributed by atoms with Crippen LogP contribution in [0.5, 0.6) is 0 Å². The Kier molecular flexibility index (Phi) is 6.89. The van der Waals surface area contributed by atoms with Gasteiger partial charge in [-0.15, -0.1) is 0 Å². The smallest absolute Gasteiger partial charge is 0.0540 e. The van der Waals surface area contributed by atoms with Crippen LogP contribution in [-0.4, -0.2) is 0 Å². The summed E-state index contributed by atoms with van der Waals surface area (Å²) >= 11 is 0. The summed E-state index contributed by atoms with van der Waals surface area (Å²) in [5, 5.41) is 12.7. The van der Waals surface area contributed by atoms with Crippen molar-refractivity contribution in [2.45, 2.75) is 0 Å². The van der Waals surface area contributed by atoms with Gasteiger partial charge in [0.15, 0.2) is 0 Å². The minimum Gasteiger partial charge on any atom is -0.310 e. The zero-order valence-corrected chi connectivity index (χ0v) is 28.0. The van der Waals surface area contributed by atoms with Crippen LogP contribution in [0, 0.1) is 0 Å². The molecule has 10 aromatic rings. The van der Waals surface area contributed by atoms with Crippen molar-refractivity contribution in [1.82, 2.24) is 0 Å². The first-order valence-corrected chi connectivity index (χ1v) is 17.6. The Balaban J connectivity index is 1.10. The maximum absolute atomic E-state index is 2.41. The third-order valence-electron chi connectivity index (χ3n) is 10.4. The second-order valence-corrected chi connectivity index (χ2v) is 13.3. The highest BCUT2D eigenvalue weighted by atomic mass is 15.1. The fraction of sp³-hybridized carbons (Fsp3) is 0. The normalized spacial score (nSPS) is 11.5. The van der Waals surface area contributed by atoms with Gasteiger partial charge in [-0.1, -0.05) is 164 Å². The molecule has 0 bridgehead atoms. The Morgan fingerprint density at radius 2 is 0.765 bits per heavy atom. The lowest BCUT2D eigenvalue weighted by Gasteiger charge is -2.28. The molecule has 0 spiro atoms. The Bertz CT molecular complexity index is 2900. The Labute approximate surface area is 297 Å². The molecule has 0 unspecified atom stereocenters. The molecule has 0 aliphatic heterocycles. The van der Waals surface area contributed by atoms with Crippen LogP contribution in [0.2, 0.25) is 0 Å². The Morgan fingerprint density at radius 1 is 0.255 bits per heavy atom. The van der Waals surface area contributed by atoms with Gasteiger partial charge in [0.25, 0.3) is 0 Å². The first-order chi connectivity index (χ1) is 25.3. The Morgan fingerprint density at radius 3 is 1.53 bits per heavy atom. The van der Waals surface area contributed by atoms with E-state index in [1.807, 2.05) is 0 Å². The van der Waals surface area contributed by atoms with E-state index in [2.05, 4.69) is 205 Å². The fourth-order valence-corrected chi connectivity index (χ4v) is 7.90. The monoisotopic (exact) mass is 647 g/mol. The molecule has 0 saturated carbocycles. The minimum absolute atomic E-state index is 1.11. The number of nitrogens with zero attached hydrogens (tertiary/aromatic N) is 1. The molecule has 10 aromatic carbocycles. The van der Waals surface area contributed by atoms with Crippen molar-refractivity contribution in [3.8, 4) is 22.3 Å². The van der Waals surface area contributed by atoms with E-state index in [0.717, 1.165) is 17.1 Å². The van der Waals surface area contributed by atoms with Crippen LogP contribution >= 0.6 is 0 Å². The van der Waals surface area contributed by atoms with E-state index >= 15 is 0 Å². The lowest BCUT2D eigenvalue weighted by atomic mass is 9.94. The van der Waals surface area contributed by atoms with Crippen LogP contribution in [0.4, 0.5) is 17.1 Å². The van der Waals surface area contributed by atoms with Crippen LogP contribution in [0.25, 0.3) is 76.1 Å². The average molecular weight is 648 g/mol. The summed E-state index contributed by atoms with van der Waals surface area (Å²) in [6.45, 7) is 0. The number of rotatable bonds is 5. The topological polar surface area (TPSA) is 3.24 Å². The van der Waals surface area contributed by atoms with E-state index in [-0.39, 0.29) is 0 Å². The molecule has 0 radical (unpaired) electrons. The number of anilines is 3. The molecule has 1 nitrogen and oxygen atoms in total. The first kappa shape index (κ1) is 29.2. The van der Waals surface area contributed by atoms with Gasteiger partial charge in [0.1, 0.15) is 0 Å². The van der Waals surface area contributed by atoms with E-state index in [1.165, 1.54) is 76.1 Å². The van der Waals surface area contributed by atoms with Crippen molar-refractivity contribution in [1.29, 1.82) is 0 Å². The molecule has 0 aliphatic rings. The molecule has 0 fully saturated rings. The second-order valence-electron chi connectivity index (χ2n) is 13.3. The summed E-state index contributed by atoms with van der Waals surface area (Å²) in [6, 6.07) is 73.1. The van der Waals surface area contributed by atoms with Crippen LogP contribution < -0.4 is 4.90 Å². The van der Waals surface area contributed by atoms with Gasteiger partial charge in [-0.2, -0.15) is 0 Å². The van der Waals surface area contributed by atoms with Crippen LogP contribution in [-0.2, 0) is 0 Å². The highest BCUT2D eigenvalue weighted by molar-refractivity contribution is 6.17. The van der Waals surface area contributed by atoms with E-state index in [1.54, 1.807) is 0 Å². The summed E-state index contributed by atoms with van der Waals surface area (Å²) in [4.78, 5) is 2.41. The van der Waals surface area contributed by atoms with Gasteiger partial charge in [-0.05, 0) is 107 Å². The molecule has 238 valence electrons. The van der Waals surface area contributed by atoms with Gasteiger partial charge >= 0.3 is 0 Å². The van der Waals surface area contributed by atoms with Crippen LogP contribution in [0.15, 0.2) is 200 Å². The van der Waals surface area contributed by atoms with Gasteiger partial charge in [-0.25, -0.2) is 0 Å². The highest BCUT2D eigenvalue weighted by Crippen LogP contribution is 2.43. The largest absolute Gasteiger partial charge is 0.310 e. The molecule has 0 aliphatic carbocycles. The second kappa shape index (κ2) is 12.0. The maximum Gasteiger partial charge on any atom is 0.0540 e. The van der Waals surface area contributed by atoms with Crippen molar-refractivity contribution in [2.24, 2.45) is 0 Å². The fourth-order valence-electron chi connectivity index (χ4n) is 7.90. The predicted molar refractivity (Wildman–Crippen MR) is 220 cm³/mol. The van der Waals surface area contributed by atoms with Gasteiger partial charge in [0.05, 0.1) is 5.69 Å². The zero-order chi connectivity index (χ0) is 33.7. The van der Waals surface area contributed by atoms with E-state index < -0.39 is 0 Å².